The van der Waals surface area contributed by atoms with E-state index in [0.29, 0.717) is 56.7 Å². The predicted octanol–water partition coefficient (Wildman–Crippen LogP) is 3.12. The van der Waals surface area contributed by atoms with Gasteiger partial charge in [-0.1, -0.05) is 0 Å². The van der Waals surface area contributed by atoms with E-state index in [1.54, 1.807) is 10.9 Å². The van der Waals surface area contributed by atoms with Crippen LogP contribution >= 0.6 is 0 Å². The monoisotopic (exact) mass is 591 g/mol. The highest BCUT2D eigenvalue weighted by Gasteiger charge is 2.36. The second kappa shape index (κ2) is 12.2. The van der Waals surface area contributed by atoms with E-state index in [-0.39, 0.29) is 17.3 Å². The molecule has 2 aromatic heterocycles. The molecule has 226 valence electrons. The molecule has 2 aliphatic heterocycles. The van der Waals surface area contributed by atoms with Crippen molar-refractivity contribution in [2.75, 3.05) is 69.7 Å². The molecule has 2 N–H and O–H groups in total. The maximum absolute atomic E-state index is 15.7. The molecule has 0 aliphatic carbocycles. The molecule has 3 aromatic rings. The Balaban J connectivity index is 1.47. The molecule has 0 bridgehead atoms. The van der Waals surface area contributed by atoms with Gasteiger partial charge in [-0.3, -0.25) is 19.2 Å². The van der Waals surface area contributed by atoms with Crippen molar-refractivity contribution in [3.63, 3.8) is 0 Å². The van der Waals surface area contributed by atoms with Crippen molar-refractivity contribution < 1.29 is 27.1 Å². The van der Waals surface area contributed by atoms with Crippen molar-refractivity contribution in [1.29, 1.82) is 0 Å². The molecule has 0 saturated carbocycles. The number of ether oxygens (including phenoxy) is 1. The number of nitrogens with zero attached hydrogens (tertiary/aromatic N) is 5. The maximum Gasteiger partial charge on any atom is 0.417 e. The molecule has 2 aliphatic rings. The summed E-state index contributed by atoms with van der Waals surface area (Å²) in [5.74, 6) is -1.64. The Labute approximate surface area is 239 Å². The first-order valence-corrected chi connectivity index (χ1v) is 13.7. The number of pyridine rings is 1. The van der Waals surface area contributed by atoms with Crippen LogP contribution in [0.15, 0.2) is 41.6 Å². The molecule has 1 unspecified atom stereocenters. The normalized spacial score (nSPS) is 18.8. The van der Waals surface area contributed by atoms with Gasteiger partial charge >= 0.3 is 6.18 Å². The van der Waals surface area contributed by atoms with E-state index in [1.807, 2.05) is 18.9 Å². The van der Waals surface area contributed by atoms with Crippen LogP contribution in [-0.2, 0) is 17.5 Å². The second-order valence-electron chi connectivity index (χ2n) is 10.6. The molecule has 1 aromatic carbocycles. The third-order valence-corrected chi connectivity index (χ3v) is 7.80. The zero-order valence-electron chi connectivity index (χ0n) is 23.4. The minimum atomic E-state index is -4.93. The number of nitrogens with one attached hydrogen (secondary N) is 2. The lowest BCUT2D eigenvalue weighted by molar-refractivity contribution is -0.138. The van der Waals surface area contributed by atoms with Gasteiger partial charge in [0.25, 0.3) is 5.91 Å². The fraction of sp³-hybridized carbons (Fsp3) is 0.464. The van der Waals surface area contributed by atoms with E-state index in [0.717, 1.165) is 25.8 Å². The molecule has 2 saturated heterocycles. The van der Waals surface area contributed by atoms with Gasteiger partial charge in [0.05, 0.1) is 48.5 Å². The standard InChI is InChI=1S/C28H33F4N7O3/c1-18-16-38(5-3-36(18)2)25-13-23(29)20(19-14-34-39(17-19)6-4-37-7-9-42-10-8-37)11-24(25)35-27(41)21-15-33-26(40)12-22(21)28(30,31)32/h11-15,17-18H,3-10,16H2,1-2H3,(H,33,40)(H,35,41). The largest absolute Gasteiger partial charge is 0.417 e. The molecule has 42 heavy (non-hydrogen) atoms. The van der Waals surface area contributed by atoms with Gasteiger partial charge in [0.1, 0.15) is 5.82 Å². The number of carbonyl (C=O) groups is 1. The van der Waals surface area contributed by atoms with Crippen LogP contribution in [0.3, 0.4) is 0 Å². The zero-order chi connectivity index (χ0) is 30.0. The Morgan fingerprint density at radius 1 is 1.14 bits per heavy atom. The highest BCUT2D eigenvalue weighted by atomic mass is 19.4. The minimum Gasteiger partial charge on any atom is -0.379 e. The van der Waals surface area contributed by atoms with Crippen molar-refractivity contribution in [2.24, 2.45) is 0 Å². The third kappa shape index (κ3) is 6.66. The Morgan fingerprint density at radius 3 is 2.62 bits per heavy atom. The van der Waals surface area contributed by atoms with E-state index < -0.39 is 34.6 Å². The molecule has 10 nitrogen and oxygen atoms in total. The van der Waals surface area contributed by atoms with Gasteiger partial charge in [-0.25, -0.2) is 4.39 Å². The summed E-state index contributed by atoms with van der Waals surface area (Å²) in [4.78, 5) is 33.3. The van der Waals surface area contributed by atoms with Gasteiger partial charge in [0.15, 0.2) is 0 Å². The van der Waals surface area contributed by atoms with Crippen LogP contribution in [0, 0.1) is 5.82 Å². The smallest absolute Gasteiger partial charge is 0.379 e. The number of anilines is 2. The van der Waals surface area contributed by atoms with Gasteiger partial charge in [-0.05, 0) is 26.1 Å². The lowest BCUT2D eigenvalue weighted by Gasteiger charge is -2.39. The van der Waals surface area contributed by atoms with Crippen LogP contribution < -0.4 is 15.8 Å². The number of likely N-dealkylation sites (N-methyl/N-ethyl adjacent to an activating group) is 1. The molecule has 0 radical (unpaired) electrons. The van der Waals surface area contributed by atoms with Gasteiger partial charge in [0.2, 0.25) is 5.56 Å². The number of halogens is 4. The van der Waals surface area contributed by atoms with Gasteiger partial charge in [0, 0.05) is 74.9 Å². The summed E-state index contributed by atoms with van der Waals surface area (Å²) in [5, 5.41) is 6.93. The minimum absolute atomic E-state index is 0.116. The number of aromatic nitrogens is 3. The molecule has 0 spiro atoms. The quantitative estimate of drug-likeness (QED) is 0.408. The molecule has 1 atom stereocenters. The number of carbonyl (C=O) groups excluding carboxylic acids is 1. The lowest BCUT2D eigenvalue weighted by atomic mass is 10.0. The van der Waals surface area contributed by atoms with Crippen molar-refractivity contribution in [1.82, 2.24) is 24.6 Å². The van der Waals surface area contributed by atoms with Crippen molar-refractivity contribution in [3.8, 4) is 11.1 Å². The van der Waals surface area contributed by atoms with E-state index in [1.165, 1.54) is 18.3 Å². The van der Waals surface area contributed by atoms with Crippen LogP contribution in [0.25, 0.3) is 11.1 Å². The molecule has 5 rings (SSSR count). The van der Waals surface area contributed by atoms with Crippen LogP contribution in [0.2, 0.25) is 0 Å². The Hall–Kier alpha value is -3.75. The second-order valence-corrected chi connectivity index (χ2v) is 10.6. The summed E-state index contributed by atoms with van der Waals surface area (Å²) in [6, 6.07) is 3.18. The maximum atomic E-state index is 15.7. The van der Waals surface area contributed by atoms with Crippen LogP contribution in [-0.4, -0.2) is 96.0 Å². The number of H-pyrrole nitrogens is 1. The third-order valence-electron chi connectivity index (χ3n) is 7.80. The molecule has 2 fully saturated rings. The summed E-state index contributed by atoms with van der Waals surface area (Å²) in [6.45, 7) is 8.04. The number of piperazine rings is 1. The van der Waals surface area contributed by atoms with Gasteiger partial charge < -0.3 is 24.8 Å². The number of morpholine rings is 1. The highest BCUT2D eigenvalue weighted by molar-refractivity contribution is 6.07. The van der Waals surface area contributed by atoms with Crippen LogP contribution in [0.1, 0.15) is 22.8 Å². The number of alkyl halides is 3. The molecule has 14 heteroatoms. The molecule has 1 amide bonds. The highest BCUT2D eigenvalue weighted by Crippen LogP contribution is 2.36. The van der Waals surface area contributed by atoms with Crippen molar-refractivity contribution in [3.05, 3.63) is 64.1 Å². The lowest BCUT2D eigenvalue weighted by Crippen LogP contribution is -2.50. The summed E-state index contributed by atoms with van der Waals surface area (Å²) in [7, 11) is 1.97. The Kier molecular flexibility index (Phi) is 8.66. The van der Waals surface area contributed by atoms with E-state index in [4.69, 9.17) is 4.74 Å². The van der Waals surface area contributed by atoms with Gasteiger partial charge in [-0.2, -0.15) is 18.3 Å². The number of hydrogen-bond donors (Lipinski definition) is 2. The Morgan fingerprint density at radius 2 is 1.90 bits per heavy atom. The molecule has 4 heterocycles. The van der Waals surface area contributed by atoms with E-state index >= 15 is 4.39 Å². The molecular formula is C28H33F4N7O3. The SMILES string of the molecule is CC1CN(c2cc(F)c(-c3cnn(CCN4CCOCC4)c3)cc2NC(=O)c2c[nH]c(=O)cc2C(F)(F)F)CCN1C. The van der Waals surface area contributed by atoms with Crippen molar-refractivity contribution in [2.45, 2.75) is 25.7 Å². The van der Waals surface area contributed by atoms with Crippen LogP contribution in [0.4, 0.5) is 28.9 Å². The average Bonchev–Trinajstić information content (AvgIpc) is 3.43. The first-order valence-electron chi connectivity index (χ1n) is 13.7. The van der Waals surface area contributed by atoms with E-state index in [9.17, 15) is 22.8 Å². The summed E-state index contributed by atoms with van der Waals surface area (Å²) in [6.07, 6.45) is -0.974. The van der Waals surface area contributed by atoms with Crippen molar-refractivity contribution >= 4 is 17.3 Å². The number of benzene rings is 1. The molecular weight excluding hydrogens is 558 g/mol. The topological polar surface area (TPSA) is 98.7 Å². The summed E-state index contributed by atoms with van der Waals surface area (Å²) in [5.41, 5.74) is -1.99. The fourth-order valence-electron chi connectivity index (χ4n) is 5.19. The van der Waals surface area contributed by atoms with Gasteiger partial charge in [-0.15, -0.1) is 0 Å². The van der Waals surface area contributed by atoms with E-state index in [2.05, 4.69) is 25.2 Å². The van der Waals surface area contributed by atoms with Crippen LogP contribution in [0.5, 0.6) is 0 Å². The summed E-state index contributed by atoms with van der Waals surface area (Å²) < 4.78 is 63.8. The first kappa shape index (κ1) is 29.7. The number of hydrogen-bond acceptors (Lipinski definition) is 7. The zero-order valence-corrected chi connectivity index (χ0v) is 23.4. The number of aromatic amines is 1. The Bertz CT molecular complexity index is 1480. The summed E-state index contributed by atoms with van der Waals surface area (Å²) >= 11 is 0. The first-order chi connectivity index (χ1) is 20.0. The fourth-order valence-corrected chi connectivity index (χ4v) is 5.19. The number of rotatable bonds is 7. The number of amides is 1. The predicted molar refractivity (Wildman–Crippen MR) is 149 cm³/mol. The average molecular weight is 592 g/mol.